The number of hydrogen-bond donors (Lipinski definition) is 1. The number of benzene rings is 2. The van der Waals surface area contributed by atoms with Crippen LogP contribution in [-0.4, -0.2) is 26.8 Å². The van der Waals surface area contributed by atoms with Gasteiger partial charge in [-0.15, -0.1) is 0 Å². The van der Waals surface area contributed by atoms with Gasteiger partial charge in [-0.1, -0.05) is 61.6 Å². The van der Waals surface area contributed by atoms with Gasteiger partial charge in [0.1, 0.15) is 33.3 Å². The number of carbonyl (C=O) groups excluding carboxylic acids is 1. The molecule has 0 saturated carbocycles. The number of pyridine rings is 1. The van der Waals surface area contributed by atoms with Crippen LogP contribution >= 0.6 is 24.0 Å². The molecule has 7 nitrogen and oxygen atoms in total. The highest BCUT2D eigenvalue weighted by atomic mass is 32.2. The van der Waals surface area contributed by atoms with Crippen molar-refractivity contribution in [3.63, 3.8) is 0 Å². The van der Waals surface area contributed by atoms with E-state index in [-0.39, 0.29) is 22.8 Å². The summed E-state index contributed by atoms with van der Waals surface area (Å²) in [4.78, 5) is 28.8. The smallest absolute Gasteiger partial charge is 0.270 e. The summed E-state index contributed by atoms with van der Waals surface area (Å²) in [5, 5.41) is 13.2. The fraction of sp³-hybridized carbons (Fsp3) is 0.267. The number of carbonyl (C=O) groups is 1. The van der Waals surface area contributed by atoms with Crippen molar-refractivity contribution in [1.29, 1.82) is 5.26 Å². The molecule has 1 saturated heterocycles. The number of unbranched alkanes of at least 4 members (excludes halogenated alkanes) is 1. The van der Waals surface area contributed by atoms with Gasteiger partial charge >= 0.3 is 0 Å². The molecule has 0 aliphatic carbocycles. The van der Waals surface area contributed by atoms with E-state index < -0.39 is 0 Å². The highest BCUT2D eigenvalue weighted by Gasteiger charge is 2.33. The fourth-order valence-corrected chi connectivity index (χ4v) is 5.59. The number of thiocarbonyl (C=S) groups is 1. The Morgan fingerprint density at radius 3 is 2.42 bits per heavy atom. The Morgan fingerprint density at radius 2 is 1.80 bits per heavy atom. The topological polar surface area (TPSA) is 87.4 Å². The predicted octanol–water partition coefficient (Wildman–Crippen LogP) is 5.99. The second kappa shape index (κ2) is 12.9. The number of rotatable bonds is 10. The lowest BCUT2D eigenvalue weighted by Gasteiger charge is -2.20. The highest BCUT2D eigenvalue weighted by molar-refractivity contribution is 8.26. The van der Waals surface area contributed by atoms with E-state index in [0.717, 1.165) is 29.7 Å². The molecule has 1 fully saturated rings. The molecule has 0 spiro atoms. The number of thioether (sulfide) groups is 1. The largest absolute Gasteiger partial charge is 0.497 e. The molecule has 0 unspecified atom stereocenters. The first-order chi connectivity index (χ1) is 19.3. The molecule has 1 amide bonds. The maximum absolute atomic E-state index is 13.5. The number of methoxy groups -OCH3 is 1. The van der Waals surface area contributed by atoms with Crippen LogP contribution in [0.15, 0.2) is 58.2 Å². The van der Waals surface area contributed by atoms with Crippen molar-refractivity contribution in [1.82, 2.24) is 9.47 Å². The summed E-state index contributed by atoms with van der Waals surface area (Å²) in [6.07, 6.45) is 3.28. The van der Waals surface area contributed by atoms with Gasteiger partial charge in [0.05, 0.1) is 18.6 Å². The molecule has 1 aliphatic rings. The first kappa shape index (κ1) is 29.1. The van der Waals surface area contributed by atoms with E-state index in [1.54, 1.807) is 36.8 Å². The molecule has 4 rings (SSSR count). The van der Waals surface area contributed by atoms with E-state index in [0.29, 0.717) is 45.8 Å². The number of nitrogens with one attached hydrogen (secondary N) is 1. The molecule has 1 N–H and O–H groups in total. The van der Waals surface area contributed by atoms with Crippen molar-refractivity contribution in [2.24, 2.45) is 0 Å². The molecule has 0 atom stereocenters. The van der Waals surface area contributed by atoms with Crippen LogP contribution < -0.4 is 15.6 Å². The minimum Gasteiger partial charge on any atom is -0.497 e. The molecule has 1 aromatic heterocycles. The fourth-order valence-electron chi connectivity index (χ4n) is 4.35. The van der Waals surface area contributed by atoms with Gasteiger partial charge < -0.3 is 10.1 Å². The zero-order valence-electron chi connectivity index (χ0n) is 22.5. The predicted molar refractivity (Wildman–Crippen MR) is 160 cm³/mol. The molecule has 2 heterocycles. The first-order valence-electron chi connectivity index (χ1n) is 12.8. The molecular weight excluding hydrogens is 547 g/mol. The molecule has 2 aromatic carbocycles. The van der Waals surface area contributed by atoms with Gasteiger partial charge in [-0.2, -0.15) is 5.26 Å². The standard InChI is InChI=1S/C30H29FN4O3S2/c1-4-5-14-34-27(33-17-20-6-10-22(31)11-7-20)24(19(2)25(16-32)28(34)36)15-26-29(37)35(30(39)40-26)18-21-8-12-23(38-3)13-9-21/h6-13,15,33H,4-5,14,17-18H2,1-3H3/b26-15+. The van der Waals surface area contributed by atoms with Crippen LogP contribution in [0.2, 0.25) is 0 Å². The molecule has 40 heavy (non-hydrogen) atoms. The Labute approximate surface area is 242 Å². The minimum absolute atomic E-state index is 0.0309. The molecule has 206 valence electrons. The molecule has 1 aliphatic heterocycles. The average molecular weight is 577 g/mol. The maximum atomic E-state index is 13.5. The number of ether oxygens (including phenoxy) is 1. The minimum atomic E-state index is -0.390. The zero-order chi connectivity index (χ0) is 28.8. The molecule has 3 aromatic rings. The second-order valence-electron chi connectivity index (χ2n) is 9.28. The van der Waals surface area contributed by atoms with Crippen LogP contribution in [0.5, 0.6) is 5.75 Å². The zero-order valence-corrected chi connectivity index (χ0v) is 24.1. The van der Waals surface area contributed by atoms with Crippen LogP contribution in [0.25, 0.3) is 6.08 Å². The van der Waals surface area contributed by atoms with E-state index in [1.807, 2.05) is 31.2 Å². The number of nitriles is 1. The van der Waals surface area contributed by atoms with Crippen LogP contribution in [0.3, 0.4) is 0 Å². The lowest BCUT2D eigenvalue weighted by molar-refractivity contribution is -0.122. The average Bonchev–Trinajstić information content (AvgIpc) is 3.22. The summed E-state index contributed by atoms with van der Waals surface area (Å²) in [6.45, 7) is 4.74. The number of anilines is 1. The SMILES string of the molecule is CCCCn1c(NCc2ccc(F)cc2)c(/C=C2/SC(=S)N(Cc3ccc(OC)cc3)C2=O)c(C)c(C#N)c1=O. The van der Waals surface area contributed by atoms with Crippen molar-refractivity contribution in [2.45, 2.75) is 46.3 Å². The summed E-state index contributed by atoms with van der Waals surface area (Å²) in [7, 11) is 1.59. The van der Waals surface area contributed by atoms with Crippen molar-refractivity contribution in [3.8, 4) is 11.8 Å². The van der Waals surface area contributed by atoms with E-state index in [1.165, 1.54) is 28.8 Å². The van der Waals surface area contributed by atoms with Gasteiger partial charge in [-0.25, -0.2) is 4.39 Å². The first-order valence-corrected chi connectivity index (χ1v) is 14.0. The van der Waals surface area contributed by atoms with Gasteiger partial charge in [-0.05, 0) is 60.4 Å². The number of halogens is 1. The number of aromatic nitrogens is 1. The Balaban J connectivity index is 1.75. The Bertz CT molecular complexity index is 1560. The summed E-state index contributed by atoms with van der Waals surface area (Å²) < 4.78 is 20.6. The maximum Gasteiger partial charge on any atom is 0.270 e. The van der Waals surface area contributed by atoms with E-state index in [2.05, 4.69) is 11.4 Å². The van der Waals surface area contributed by atoms with Crippen LogP contribution in [0.4, 0.5) is 10.2 Å². The summed E-state index contributed by atoms with van der Waals surface area (Å²) in [6, 6.07) is 15.5. The summed E-state index contributed by atoms with van der Waals surface area (Å²) in [5.41, 5.74) is 2.40. The number of hydrogen-bond acceptors (Lipinski definition) is 7. The van der Waals surface area contributed by atoms with Gasteiger partial charge in [0, 0.05) is 18.7 Å². The summed E-state index contributed by atoms with van der Waals surface area (Å²) >= 11 is 6.73. The number of amides is 1. The van der Waals surface area contributed by atoms with E-state index in [4.69, 9.17) is 17.0 Å². The third-order valence-electron chi connectivity index (χ3n) is 6.63. The van der Waals surface area contributed by atoms with Gasteiger partial charge in [0.15, 0.2) is 0 Å². The lowest BCUT2D eigenvalue weighted by Crippen LogP contribution is -2.28. The van der Waals surface area contributed by atoms with Crippen molar-refractivity contribution in [3.05, 3.63) is 97.4 Å². The number of nitrogens with zero attached hydrogens (tertiary/aromatic N) is 3. The van der Waals surface area contributed by atoms with Crippen LogP contribution in [0.1, 0.15) is 47.6 Å². The second-order valence-corrected chi connectivity index (χ2v) is 11.0. The van der Waals surface area contributed by atoms with Gasteiger partial charge in [-0.3, -0.25) is 19.1 Å². The van der Waals surface area contributed by atoms with E-state index in [9.17, 15) is 19.2 Å². The van der Waals surface area contributed by atoms with Crippen LogP contribution in [0, 0.1) is 24.1 Å². The lowest BCUT2D eigenvalue weighted by atomic mass is 10.0. The third kappa shape index (κ3) is 6.27. The monoisotopic (exact) mass is 576 g/mol. The summed E-state index contributed by atoms with van der Waals surface area (Å²) in [5.74, 6) is 0.631. The Hall–Kier alpha value is -3.94. The van der Waals surface area contributed by atoms with E-state index >= 15 is 0 Å². The molecular formula is C30H29FN4O3S2. The van der Waals surface area contributed by atoms with Gasteiger partial charge in [0.2, 0.25) is 0 Å². The highest BCUT2D eigenvalue weighted by Crippen LogP contribution is 2.36. The molecule has 10 heteroatoms. The normalized spacial score (nSPS) is 14.1. The quantitative estimate of drug-likeness (QED) is 0.234. The van der Waals surface area contributed by atoms with Crippen LogP contribution in [-0.2, 0) is 24.4 Å². The Kier molecular flexibility index (Phi) is 9.40. The van der Waals surface area contributed by atoms with Crippen molar-refractivity contribution in [2.75, 3.05) is 12.4 Å². The van der Waals surface area contributed by atoms with Gasteiger partial charge in [0.25, 0.3) is 11.5 Å². The molecule has 0 radical (unpaired) electrons. The molecule has 0 bridgehead atoms. The van der Waals surface area contributed by atoms with Crippen molar-refractivity contribution < 1.29 is 13.9 Å². The third-order valence-corrected chi connectivity index (χ3v) is 8.01. The Morgan fingerprint density at radius 1 is 1.12 bits per heavy atom. The van der Waals surface area contributed by atoms with Crippen molar-refractivity contribution >= 4 is 46.1 Å².